The standard InChI is InChI=1S/C7H10NO2/c1-5-6(2)10-8-7(5)4-9-3/h3-4H2,1-2H3. The minimum absolute atomic E-state index is 0.420. The number of ether oxygens (including phenoxy) is 1. The Balaban J connectivity index is 2.83. The maximum Gasteiger partial charge on any atom is 0.136 e. The van der Waals surface area contributed by atoms with Crippen molar-refractivity contribution < 1.29 is 9.26 Å². The molecule has 55 valence electrons. The molecule has 0 aliphatic rings. The summed E-state index contributed by atoms with van der Waals surface area (Å²) in [6.07, 6.45) is 0. The van der Waals surface area contributed by atoms with E-state index in [1.165, 1.54) is 0 Å². The average Bonchev–Trinajstić information content (AvgIpc) is 2.20. The lowest BCUT2D eigenvalue weighted by Gasteiger charge is -1.91. The van der Waals surface area contributed by atoms with Crippen LogP contribution in [0.5, 0.6) is 0 Å². The molecule has 0 saturated heterocycles. The molecule has 0 atom stereocenters. The van der Waals surface area contributed by atoms with Crippen molar-refractivity contribution in [2.24, 2.45) is 0 Å². The average molecular weight is 140 g/mol. The van der Waals surface area contributed by atoms with Crippen molar-refractivity contribution in [2.45, 2.75) is 20.5 Å². The van der Waals surface area contributed by atoms with Crippen LogP contribution in [-0.4, -0.2) is 5.16 Å². The fourth-order valence-corrected chi connectivity index (χ4v) is 0.695. The van der Waals surface area contributed by atoms with E-state index in [1.807, 2.05) is 13.8 Å². The second-order valence-electron chi connectivity index (χ2n) is 2.16. The molecule has 0 spiro atoms. The van der Waals surface area contributed by atoms with E-state index in [0.717, 1.165) is 17.0 Å². The molecule has 1 heterocycles. The van der Waals surface area contributed by atoms with Gasteiger partial charge in [-0.15, -0.1) is 0 Å². The second kappa shape index (κ2) is 2.84. The second-order valence-corrected chi connectivity index (χ2v) is 2.16. The third-order valence-electron chi connectivity index (χ3n) is 1.49. The quantitative estimate of drug-likeness (QED) is 0.625. The van der Waals surface area contributed by atoms with Gasteiger partial charge in [0.15, 0.2) is 0 Å². The van der Waals surface area contributed by atoms with Crippen molar-refractivity contribution in [3.63, 3.8) is 0 Å². The highest BCUT2D eigenvalue weighted by atomic mass is 16.5. The van der Waals surface area contributed by atoms with E-state index in [4.69, 9.17) is 4.52 Å². The molecule has 1 aromatic rings. The smallest absolute Gasteiger partial charge is 0.136 e. The van der Waals surface area contributed by atoms with E-state index in [1.54, 1.807) is 0 Å². The van der Waals surface area contributed by atoms with Crippen molar-refractivity contribution in [1.82, 2.24) is 5.16 Å². The molecule has 0 aliphatic heterocycles. The van der Waals surface area contributed by atoms with Gasteiger partial charge < -0.3 is 9.26 Å². The first kappa shape index (κ1) is 7.28. The molecular formula is C7H10NO2. The van der Waals surface area contributed by atoms with Gasteiger partial charge in [-0.25, -0.2) is 0 Å². The summed E-state index contributed by atoms with van der Waals surface area (Å²) in [5.74, 6) is 0.840. The summed E-state index contributed by atoms with van der Waals surface area (Å²) in [6.45, 7) is 4.23. The maximum absolute atomic E-state index is 4.89. The summed E-state index contributed by atoms with van der Waals surface area (Å²) in [5, 5.41) is 3.77. The molecule has 3 nitrogen and oxygen atoms in total. The summed E-state index contributed by atoms with van der Waals surface area (Å²) >= 11 is 0. The lowest BCUT2D eigenvalue weighted by molar-refractivity contribution is 0.218. The fourth-order valence-electron chi connectivity index (χ4n) is 0.695. The first-order chi connectivity index (χ1) is 4.75. The van der Waals surface area contributed by atoms with Gasteiger partial charge in [0.1, 0.15) is 11.5 Å². The van der Waals surface area contributed by atoms with Crippen LogP contribution in [0.3, 0.4) is 0 Å². The Morgan fingerprint density at radius 3 is 2.70 bits per heavy atom. The summed E-state index contributed by atoms with van der Waals surface area (Å²) in [7, 11) is 3.25. The van der Waals surface area contributed by atoms with E-state index in [0.29, 0.717) is 6.61 Å². The highest BCUT2D eigenvalue weighted by Crippen LogP contribution is 2.11. The van der Waals surface area contributed by atoms with Crippen LogP contribution in [-0.2, 0) is 11.3 Å². The number of nitrogens with zero attached hydrogens (tertiary/aromatic N) is 1. The molecule has 0 amide bonds. The van der Waals surface area contributed by atoms with Crippen LogP contribution >= 0.6 is 0 Å². The molecule has 1 aromatic heterocycles. The zero-order valence-electron chi connectivity index (χ0n) is 6.18. The first-order valence-electron chi connectivity index (χ1n) is 3.04. The van der Waals surface area contributed by atoms with Crippen LogP contribution in [0.15, 0.2) is 4.52 Å². The van der Waals surface area contributed by atoms with Crippen LogP contribution in [0.1, 0.15) is 17.0 Å². The van der Waals surface area contributed by atoms with Gasteiger partial charge in [-0.05, 0) is 13.8 Å². The third-order valence-corrected chi connectivity index (χ3v) is 1.49. The molecule has 1 radical (unpaired) electrons. The molecule has 0 unspecified atom stereocenters. The van der Waals surface area contributed by atoms with E-state index >= 15 is 0 Å². The van der Waals surface area contributed by atoms with Crippen molar-refractivity contribution in [1.29, 1.82) is 0 Å². The molecule has 0 aliphatic carbocycles. The van der Waals surface area contributed by atoms with Crippen molar-refractivity contribution in [3.8, 4) is 0 Å². The maximum atomic E-state index is 4.89. The molecule has 1 rings (SSSR count). The van der Waals surface area contributed by atoms with Gasteiger partial charge in [0.05, 0.1) is 13.7 Å². The summed E-state index contributed by atoms with van der Waals surface area (Å²) < 4.78 is 9.54. The number of hydrogen-bond acceptors (Lipinski definition) is 3. The zero-order chi connectivity index (χ0) is 7.56. The van der Waals surface area contributed by atoms with Crippen molar-refractivity contribution in [2.75, 3.05) is 0 Å². The first-order valence-corrected chi connectivity index (χ1v) is 3.04. The van der Waals surface area contributed by atoms with Crippen molar-refractivity contribution >= 4 is 0 Å². The van der Waals surface area contributed by atoms with Crippen LogP contribution in [0.4, 0.5) is 0 Å². The highest BCUT2D eigenvalue weighted by molar-refractivity contribution is 5.18. The molecule has 0 aromatic carbocycles. The zero-order valence-corrected chi connectivity index (χ0v) is 6.18. The predicted octanol–water partition coefficient (Wildman–Crippen LogP) is 1.60. The van der Waals surface area contributed by atoms with Crippen LogP contribution in [0.25, 0.3) is 0 Å². The Kier molecular flexibility index (Phi) is 2.06. The van der Waals surface area contributed by atoms with Crippen molar-refractivity contribution in [3.05, 3.63) is 24.1 Å². The topological polar surface area (TPSA) is 35.3 Å². The molecular weight excluding hydrogens is 130 g/mol. The number of aromatic nitrogens is 1. The summed E-state index contributed by atoms with van der Waals surface area (Å²) in [6, 6.07) is 0. The fraction of sp³-hybridized carbons (Fsp3) is 0.429. The SMILES string of the molecule is [CH2]OCc1noc(C)c1C. The van der Waals surface area contributed by atoms with E-state index in [-0.39, 0.29) is 0 Å². The minimum Gasteiger partial charge on any atom is -0.373 e. The number of aryl methyl sites for hydroxylation is 1. The van der Waals surface area contributed by atoms with E-state index in [2.05, 4.69) is 17.0 Å². The Labute approximate surface area is 60.0 Å². The largest absolute Gasteiger partial charge is 0.373 e. The third kappa shape index (κ3) is 1.19. The van der Waals surface area contributed by atoms with Crippen LogP contribution in [0.2, 0.25) is 0 Å². The number of rotatable bonds is 2. The molecule has 0 bridgehead atoms. The summed E-state index contributed by atoms with van der Waals surface area (Å²) in [5.41, 5.74) is 1.87. The predicted molar refractivity (Wildman–Crippen MR) is 36.1 cm³/mol. The minimum atomic E-state index is 0.420. The monoisotopic (exact) mass is 140 g/mol. The van der Waals surface area contributed by atoms with Gasteiger partial charge in [0, 0.05) is 5.56 Å². The van der Waals surface area contributed by atoms with Gasteiger partial charge in [0.25, 0.3) is 0 Å². The Bertz CT molecular complexity index is 217. The Morgan fingerprint density at radius 2 is 2.30 bits per heavy atom. The van der Waals surface area contributed by atoms with Gasteiger partial charge in [0.2, 0.25) is 0 Å². The van der Waals surface area contributed by atoms with Gasteiger partial charge >= 0.3 is 0 Å². The van der Waals surface area contributed by atoms with Crippen LogP contribution in [0, 0.1) is 21.0 Å². The molecule has 0 saturated carbocycles. The highest BCUT2D eigenvalue weighted by Gasteiger charge is 2.05. The van der Waals surface area contributed by atoms with Gasteiger partial charge in [-0.3, -0.25) is 0 Å². The Hall–Kier alpha value is -0.830. The molecule has 3 heteroatoms. The number of hydrogen-bond donors (Lipinski definition) is 0. The molecule has 0 N–H and O–H groups in total. The van der Waals surface area contributed by atoms with Gasteiger partial charge in [-0.1, -0.05) is 5.16 Å². The molecule has 0 fully saturated rings. The van der Waals surface area contributed by atoms with E-state index < -0.39 is 0 Å². The normalized spacial score (nSPS) is 10.3. The Morgan fingerprint density at radius 1 is 1.60 bits per heavy atom. The lowest BCUT2D eigenvalue weighted by atomic mass is 10.2. The van der Waals surface area contributed by atoms with E-state index in [9.17, 15) is 0 Å². The van der Waals surface area contributed by atoms with Gasteiger partial charge in [-0.2, -0.15) is 0 Å². The lowest BCUT2D eigenvalue weighted by Crippen LogP contribution is -1.88. The molecule has 10 heavy (non-hydrogen) atoms. The summed E-state index contributed by atoms with van der Waals surface area (Å²) in [4.78, 5) is 0. The van der Waals surface area contributed by atoms with Crippen LogP contribution < -0.4 is 0 Å².